The number of carbonyl (C=O) groups excluding carboxylic acids is 1. The summed E-state index contributed by atoms with van der Waals surface area (Å²) >= 11 is 3.30. The van der Waals surface area contributed by atoms with Gasteiger partial charge in [-0.2, -0.15) is 0 Å². The number of hydrogen-bond acceptors (Lipinski definition) is 4. The van der Waals surface area contributed by atoms with E-state index >= 15 is 0 Å². The fourth-order valence-corrected chi connectivity index (χ4v) is 2.03. The minimum Gasteiger partial charge on any atom is -0.477 e. The molecule has 0 spiro atoms. The number of nitrogens with one attached hydrogen (secondary N) is 1. The fraction of sp³-hybridized carbons (Fsp3) is 0.133. The lowest BCUT2D eigenvalue weighted by Crippen LogP contribution is -2.20. The number of ether oxygens (including phenoxy) is 1. The number of halogens is 1. The molecule has 0 saturated carbocycles. The molecule has 22 heavy (non-hydrogen) atoms. The van der Waals surface area contributed by atoms with Gasteiger partial charge in [-0.05, 0) is 42.8 Å². The maximum atomic E-state index is 11.8. The van der Waals surface area contributed by atoms with Crippen molar-refractivity contribution in [2.75, 3.05) is 11.9 Å². The van der Waals surface area contributed by atoms with Gasteiger partial charge in [0.15, 0.2) is 12.4 Å². The second-order valence-electron chi connectivity index (χ2n) is 4.57. The van der Waals surface area contributed by atoms with Gasteiger partial charge in [0, 0.05) is 16.2 Å². The summed E-state index contributed by atoms with van der Waals surface area (Å²) in [4.78, 5) is 22.2. The predicted molar refractivity (Wildman–Crippen MR) is 86.1 cm³/mol. The van der Waals surface area contributed by atoms with E-state index in [0.717, 1.165) is 10.0 Å². The minimum atomic E-state index is -0.533. The molecular weight excluding hydrogens is 352 g/mol. The highest BCUT2D eigenvalue weighted by molar-refractivity contribution is 9.10. The zero-order valence-electron chi connectivity index (χ0n) is 11.7. The SMILES string of the molecule is Cc1ccc(OCC(=O)Nc2ccc(Br)cc2)c([N+](=O)[O-])c1. The smallest absolute Gasteiger partial charge is 0.311 e. The summed E-state index contributed by atoms with van der Waals surface area (Å²) in [6, 6.07) is 11.6. The van der Waals surface area contributed by atoms with Crippen LogP contribution in [0.4, 0.5) is 11.4 Å². The number of amides is 1. The lowest BCUT2D eigenvalue weighted by atomic mass is 10.2. The molecule has 7 heteroatoms. The van der Waals surface area contributed by atoms with E-state index in [9.17, 15) is 14.9 Å². The highest BCUT2D eigenvalue weighted by Gasteiger charge is 2.16. The molecule has 0 aliphatic rings. The molecule has 0 saturated heterocycles. The molecule has 0 bridgehead atoms. The van der Waals surface area contributed by atoms with Gasteiger partial charge in [0.25, 0.3) is 5.91 Å². The lowest BCUT2D eigenvalue weighted by molar-refractivity contribution is -0.385. The Labute approximate surface area is 135 Å². The Balaban J connectivity index is 1.99. The van der Waals surface area contributed by atoms with Crippen molar-refractivity contribution in [1.82, 2.24) is 0 Å². The molecule has 2 aromatic carbocycles. The average Bonchev–Trinajstić information content (AvgIpc) is 2.48. The third-order valence-corrected chi connectivity index (χ3v) is 3.33. The summed E-state index contributed by atoms with van der Waals surface area (Å²) in [5.74, 6) is -0.321. The Morgan fingerprint density at radius 1 is 1.27 bits per heavy atom. The van der Waals surface area contributed by atoms with Crippen molar-refractivity contribution >= 4 is 33.2 Å². The lowest BCUT2D eigenvalue weighted by Gasteiger charge is -2.08. The van der Waals surface area contributed by atoms with Gasteiger partial charge in [-0.25, -0.2) is 0 Å². The normalized spacial score (nSPS) is 10.1. The van der Waals surface area contributed by atoms with Crippen molar-refractivity contribution in [3.8, 4) is 5.75 Å². The van der Waals surface area contributed by atoms with Gasteiger partial charge in [0.2, 0.25) is 0 Å². The summed E-state index contributed by atoms with van der Waals surface area (Å²) in [5.41, 5.74) is 1.21. The number of nitro groups is 1. The quantitative estimate of drug-likeness (QED) is 0.647. The second-order valence-corrected chi connectivity index (χ2v) is 5.49. The van der Waals surface area contributed by atoms with E-state index in [4.69, 9.17) is 4.74 Å². The fourth-order valence-electron chi connectivity index (χ4n) is 1.77. The van der Waals surface area contributed by atoms with Crippen molar-refractivity contribution in [3.05, 3.63) is 62.6 Å². The molecule has 0 heterocycles. The number of nitrogens with zero attached hydrogens (tertiary/aromatic N) is 1. The molecule has 6 nitrogen and oxygen atoms in total. The standard InChI is InChI=1S/C15H13BrN2O4/c1-10-2-7-14(13(8-10)18(20)21)22-9-15(19)17-12-5-3-11(16)4-6-12/h2-8H,9H2,1H3,(H,17,19). The number of rotatable bonds is 5. The summed E-state index contributed by atoms with van der Waals surface area (Å²) in [6.07, 6.45) is 0. The van der Waals surface area contributed by atoms with E-state index in [1.807, 2.05) is 0 Å². The number of nitro benzene ring substituents is 1. The van der Waals surface area contributed by atoms with Crippen molar-refractivity contribution < 1.29 is 14.5 Å². The third kappa shape index (κ3) is 4.29. The van der Waals surface area contributed by atoms with Crippen LogP contribution >= 0.6 is 15.9 Å². The molecule has 0 radical (unpaired) electrons. The predicted octanol–water partition coefficient (Wildman–Crippen LogP) is 3.68. The Bertz CT molecular complexity index is 701. The summed E-state index contributed by atoms with van der Waals surface area (Å²) < 4.78 is 6.15. The maximum absolute atomic E-state index is 11.8. The van der Waals surface area contributed by atoms with Gasteiger partial charge >= 0.3 is 5.69 Å². The van der Waals surface area contributed by atoms with E-state index in [-0.39, 0.29) is 18.0 Å². The topological polar surface area (TPSA) is 81.5 Å². The van der Waals surface area contributed by atoms with Crippen LogP contribution in [0.5, 0.6) is 5.75 Å². The van der Waals surface area contributed by atoms with Crippen LogP contribution in [0.25, 0.3) is 0 Å². The minimum absolute atomic E-state index is 0.0709. The molecule has 2 aromatic rings. The van der Waals surface area contributed by atoms with E-state index in [1.54, 1.807) is 37.3 Å². The van der Waals surface area contributed by atoms with Crippen LogP contribution in [0.3, 0.4) is 0 Å². The maximum Gasteiger partial charge on any atom is 0.311 e. The highest BCUT2D eigenvalue weighted by atomic mass is 79.9. The first-order chi connectivity index (χ1) is 10.5. The average molecular weight is 365 g/mol. The zero-order chi connectivity index (χ0) is 16.1. The molecule has 0 atom stereocenters. The van der Waals surface area contributed by atoms with Crippen molar-refractivity contribution in [2.24, 2.45) is 0 Å². The number of hydrogen-bond donors (Lipinski definition) is 1. The summed E-state index contributed by atoms with van der Waals surface area (Å²) in [6.45, 7) is 1.44. The van der Waals surface area contributed by atoms with Gasteiger partial charge in [0.05, 0.1) is 4.92 Å². The number of anilines is 1. The molecule has 0 aromatic heterocycles. The van der Waals surface area contributed by atoms with E-state index in [1.165, 1.54) is 12.1 Å². The van der Waals surface area contributed by atoms with Crippen LogP contribution in [0.15, 0.2) is 46.9 Å². The van der Waals surface area contributed by atoms with Crippen LogP contribution in [-0.4, -0.2) is 17.4 Å². The van der Waals surface area contributed by atoms with Crippen LogP contribution in [0.2, 0.25) is 0 Å². The van der Waals surface area contributed by atoms with Crippen molar-refractivity contribution in [1.29, 1.82) is 0 Å². The molecule has 0 unspecified atom stereocenters. The van der Waals surface area contributed by atoms with E-state index in [0.29, 0.717) is 5.69 Å². The molecule has 1 N–H and O–H groups in total. The number of benzene rings is 2. The van der Waals surface area contributed by atoms with Crippen LogP contribution in [-0.2, 0) is 4.79 Å². The van der Waals surface area contributed by atoms with E-state index in [2.05, 4.69) is 21.2 Å². The van der Waals surface area contributed by atoms with Gasteiger partial charge in [-0.1, -0.05) is 22.0 Å². The Kier molecular flexibility index (Phi) is 5.11. The first-order valence-corrected chi connectivity index (χ1v) is 7.18. The van der Waals surface area contributed by atoms with Crippen LogP contribution in [0.1, 0.15) is 5.56 Å². The monoisotopic (exact) mass is 364 g/mol. The van der Waals surface area contributed by atoms with Crippen LogP contribution in [0, 0.1) is 17.0 Å². The first kappa shape index (κ1) is 16.0. The zero-order valence-corrected chi connectivity index (χ0v) is 13.3. The third-order valence-electron chi connectivity index (χ3n) is 2.80. The molecule has 114 valence electrons. The highest BCUT2D eigenvalue weighted by Crippen LogP contribution is 2.27. The van der Waals surface area contributed by atoms with Crippen LogP contribution < -0.4 is 10.1 Å². The Morgan fingerprint density at radius 3 is 2.59 bits per heavy atom. The molecule has 1 amide bonds. The van der Waals surface area contributed by atoms with Gasteiger partial charge in [-0.15, -0.1) is 0 Å². The number of carbonyl (C=O) groups is 1. The summed E-state index contributed by atoms with van der Waals surface area (Å²) in [5, 5.41) is 13.6. The van der Waals surface area contributed by atoms with Crippen molar-refractivity contribution in [2.45, 2.75) is 6.92 Å². The van der Waals surface area contributed by atoms with Crippen molar-refractivity contribution in [3.63, 3.8) is 0 Å². The summed E-state index contributed by atoms with van der Waals surface area (Å²) in [7, 11) is 0. The molecule has 2 rings (SSSR count). The van der Waals surface area contributed by atoms with E-state index < -0.39 is 10.8 Å². The second kappa shape index (κ2) is 7.04. The molecule has 0 aliphatic heterocycles. The van der Waals surface area contributed by atoms with Gasteiger partial charge in [0.1, 0.15) is 0 Å². The Morgan fingerprint density at radius 2 is 1.95 bits per heavy atom. The first-order valence-electron chi connectivity index (χ1n) is 6.39. The largest absolute Gasteiger partial charge is 0.477 e. The van der Waals surface area contributed by atoms with Gasteiger partial charge < -0.3 is 10.1 Å². The molecule has 0 fully saturated rings. The molecular formula is C15H13BrN2O4. The van der Waals surface area contributed by atoms with Gasteiger partial charge in [-0.3, -0.25) is 14.9 Å². The Hall–Kier alpha value is -2.41. The molecule has 0 aliphatic carbocycles. The number of aryl methyl sites for hydroxylation is 1.